The first-order valence-electron chi connectivity index (χ1n) is 9.62. The van der Waals surface area contributed by atoms with Gasteiger partial charge in [-0.3, -0.25) is 0 Å². The van der Waals surface area contributed by atoms with E-state index in [2.05, 4.69) is 121 Å². The normalized spacial score (nSPS) is 13.1. The van der Waals surface area contributed by atoms with E-state index in [0.717, 1.165) is 9.43 Å². The predicted octanol–water partition coefficient (Wildman–Crippen LogP) is 5.97. The lowest BCUT2D eigenvalue weighted by atomic mass is 9.85. The zero-order valence-corrected chi connectivity index (χ0v) is 20.1. The van der Waals surface area contributed by atoms with Crippen molar-refractivity contribution in [3.63, 3.8) is 0 Å². The molecule has 0 aliphatic carbocycles. The molecule has 3 aromatic carbocycles. The SMILES string of the molecule is CC(C)(C)C(O[Si](c1ccccc1)c1ccccc1)c1ccc2nc(Br)sc2c1. The molecule has 0 aliphatic rings. The van der Waals surface area contributed by atoms with Gasteiger partial charge in [0.2, 0.25) is 0 Å². The van der Waals surface area contributed by atoms with Crippen molar-refractivity contribution in [2.45, 2.75) is 26.9 Å². The Labute approximate surface area is 186 Å². The van der Waals surface area contributed by atoms with Crippen molar-refractivity contribution in [1.82, 2.24) is 4.98 Å². The second-order valence-electron chi connectivity index (χ2n) is 8.12. The van der Waals surface area contributed by atoms with Crippen LogP contribution in [0.4, 0.5) is 0 Å². The molecule has 1 atom stereocenters. The van der Waals surface area contributed by atoms with E-state index in [1.54, 1.807) is 11.3 Å². The van der Waals surface area contributed by atoms with Crippen LogP contribution in [-0.4, -0.2) is 14.0 Å². The molecule has 1 aromatic heterocycles. The van der Waals surface area contributed by atoms with Gasteiger partial charge in [-0.15, -0.1) is 11.3 Å². The molecular formula is C24H23BrNOSSi. The second kappa shape index (κ2) is 8.52. The fraction of sp³-hybridized carbons (Fsp3) is 0.208. The summed E-state index contributed by atoms with van der Waals surface area (Å²) < 4.78 is 9.10. The molecule has 5 heteroatoms. The molecular weight excluding hydrogens is 458 g/mol. The maximum Gasteiger partial charge on any atom is 0.283 e. The van der Waals surface area contributed by atoms with Crippen molar-refractivity contribution in [2.75, 3.05) is 0 Å². The maximum absolute atomic E-state index is 7.00. The number of nitrogens with zero attached hydrogens (tertiary/aromatic N) is 1. The minimum absolute atomic E-state index is 0.0259. The molecule has 0 spiro atoms. The van der Waals surface area contributed by atoms with Gasteiger partial charge in [0.25, 0.3) is 9.04 Å². The van der Waals surface area contributed by atoms with Crippen molar-refractivity contribution in [2.24, 2.45) is 5.41 Å². The molecule has 0 saturated carbocycles. The van der Waals surface area contributed by atoms with Gasteiger partial charge >= 0.3 is 0 Å². The smallest absolute Gasteiger partial charge is 0.283 e. The van der Waals surface area contributed by atoms with Gasteiger partial charge in [0.05, 0.1) is 16.3 Å². The molecule has 1 heterocycles. The van der Waals surface area contributed by atoms with Crippen LogP contribution in [0.15, 0.2) is 82.8 Å². The molecule has 2 nitrogen and oxygen atoms in total. The van der Waals surface area contributed by atoms with Crippen molar-refractivity contribution in [3.8, 4) is 0 Å². The molecule has 0 fully saturated rings. The fourth-order valence-electron chi connectivity index (χ4n) is 3.42. The number of hydrogen-bond acceptors (Lipinski definition) is 3. The third-order valence-corrected chi connectivity index (χ3v) is 8.44. The minimum Gasteiger partial charge on any atom is -0.400 e. The summed E-state index contributed by atoms with van der Waals surface area (Å²) in [6.07, 6.45) is -0.0259. The number of aromatic nitrogens is 1. The fourth-order valence-corrected chi connectivity index (χ4v) is 7.19. The summed E-state index contributed by atoms with van der Waals surface area (Å²) in [5, 5.41) is 2.53. The van der Waals surface area contributed by atoms with Gasteiger partial charge in [-0.25, -0.2) is 4.98 Å². The zero-order valence-electron chi connectivity index (χ0n) is 16.7. The van der Waals surface area contributed by atoms with Gasteiger partial charge in [-0.2, -0.15) is 0 Å². The predicted molar refractivity (Wildman–Crippen MR) is 129 cm³/mol. The van der Waals surface area contributed by atoms with Crippen LogP contribution in [0.5, 0.6) is 0 Å². The molecule has 4 rings (SSSR count). The molecule has 29 heavy (non-hydrogen) atoms. The summed E-state index contributed by atoms with van der Waals surface area (Å²) in [6.45, 7) is 6.75. The van der Waals surface area contributed by atoms with Crippen molar-refractivity contribution < 1.29 is 4.43 Å². The summed E-state index contributed by atoms with van der Waals surface area (Å²) in [5.74, 6) is 0. The summed E-state index contributed by atoms with van der Waals surface area (Å²) >= 11 is 5.17. The Bertz CT molecular complexity index is 1050. The highest BCUT2D eigenvalue weighted by Crippen LogP contribution is 2.38. The van der Waals surface area contributed by atoms with Gasteiger partial charge in [-0.05, 0) is 49.4 Å². The Morgan fingerprint density at radius 2 is 1.48 bits per heavy atom. The molecule has 0 amide bonds. The second-order valence-corrected chi connectivity index (χ2v) is 12.5. The topological polar surface area (TPSA) is 22.1 Å². The lowest BCUT2D eigenvalue weighted by Crippen LogP contribution is -2.47. The Morgan fingerprint density at radius 3 is 2.03 bits per heavy atom. The summed E-state index contributed by atoms with van der Waals surface area (Å²) in [5.41, 5.74) is 2.18. The Kier molecular flexibility index (Phi) is 6.02. The highest BCUT2D eigenvalue weighted by molar-refractivity contribution is 9.11. The summed E-state index contributed by atoms with van der Waals surface area (Å²) in [4.78, 5) is 4.53. The van der Waals surface area contributed by atoms with Gasteiger partial charge < -0.3 is 4.43 Å². The Balaban J connectivity index is 1.77. The van der Waals surface area contributed by atoms with Crippen molar-refractivity contribution in [1.29, 1.82) is 0 Å². The van der Waals surface area contributed by atoms with E-state index >= 15 is 0 Å². The van der Waals surface area contributed by atoms with Gasteiger partial charge in [0, 0.05) is 0 Å². The molecule has 1 unspecified atom stereocenters. The van der Waals surface area contributed by atoms with Crippen LogP contribution in [0.1, 0.15) is 32.4 Å². The lowest BCUT2D eigenvalue weighted by Gasteiger charge is -2.34. The average molecular weight is 482 g/mol. The number of hydrogen-bond donors (Lipinski definition) is 0. The minimum atomic E-state index is -1.40. The Morgan fingerprint density at radius 1 is 0.897 bits per heavy atom. The molecule has 147 valence electrons. The standard InChI is InChI=1S/C24H23BrNOSSi/c1-24(2,3)22(17-14-15-20-21(16-17)28-23(25)26-20)27-29(18-10-6-4-7-11-18)19-12-8-5-9-13-19/h4-16,22H,1-3H3. The largest absolute Gasteiger partial charge is 0.400 e. The lowest BCUT2D eigenvalue weighted by molar-refractivity contribution is 0.0898. The monoisotopic (exact) mass is 480 g/mol. The summed E-state index contributed by atoms with van der Waals surface area (Å²) in [7, 11) is -1.40. The third kappa shape index (κ3) is 4.69. The van der Waals surface area contributed by atoms with E-state index in [-0.39, 0.29) is 11.5 Å². The molecule has 4 aromatic rings. The average Bonchev–Trinajstić information content (AvgIpc) is 3.08. The van der Waals surface area contributed by atoms with E-state index in [9.17, 15) is 0 Å². The van der Waals surface area contributed by atoms with Gasteiger partial charge in [-0.1, -0.05) is 87.5 Å². The van der Waals surface area contributed by atoms with Gasteiger partial charge in [0.1, 0.15) is 0 Å². The number of rotatable bonds is 5. The van der Waals surface area contributed by atoms with Crippen LogP contribution in [0.2, 0.25) is 0 Å². The van der Waals surface area contributed by atoms with E-state index < -0.39 is 9.04 Å². The quantitative estimate of drug-likeness (QED) is 0.328. The molecule has 1 radical (unpaired) electrons. The van der Waals surface area contributed by atoms with Gasteiger partial charge in [0.15, 0.2) is 3.92 Å². The highest BCUT2D eigenvalue weighted by Gasteiger charge is 2.32. The van der Waals surface area contributed by atoms with Crippen LogP contribution >= 0.6 is 27.3 Å². The third-order valence-electron chi connectivity index (χ3n) is 4.78. The van der Waals surface area contributed by atoms with Crippen molar-refractivity contribution in [3.05, 3.63) is 88.3 Å². The number of fused-ring (bicyclic) bond motifs is 1. The molecule has 0 saturated heterocycles. The molecule has 0 aliphatic heterocycles. The van der Waals surface area contributed by atoms with E-state index in [1.807, 2.05) is 0 Å². The van der Waals surface area contributed by atoms with Crippen LogP contribution in [-0.2, 0) is 4.43 Å². The number of thiazole rings is 1. The Hall–Kier alpha value is -1.79. The summed E-state index contributed by atoms with van der Waals surface area (Å²) in [6, 6.07) is 27.8. The first-order valence-corrected chi connectivity index (χ1v) is 12.6. The molecule has 0 bridgehead atoms. The highest BCUT2D eigenvalue weighted by atomic mass is 79.9. The van der Waals surface area contributed by atoms with E-state index in [0.29, 0.717) is 0 Å². The van der Waals surface area contributed by atoms with Crippen LogP contribution < -0.4 is 10.4 Å². The van der Waals surface area contributed by atoms with Crippen LogP contribution in [0.3, 0.4) is 0 Å². The number of halogens is 1. The first-order chi connectivity index (χ1) is 13.9. The van der Waals surface area contributed by atoms with Crippen LogP contribution in [0.25, 0.3) is 10.2 Å². The molecule has 0 N–H and O–H groups in total. The first kappa shape index (κ1) is 20.5. The van der Waals surface area contributed by atoms with Crippen molar-refractivity contribution >= 4 is 56.9 Å². The van der Waals surface area contributed by atoms with E-state index in [4.69, 9.17) is 4.43 Å². The van der Waals surface area contributed by atoms with E-state index in [1.165, 1.54) is 20.6 Å². The number of benzene rings is 3. The maximum atomic E-state index is 7.00. The zero-order chi connectivity index (χ0) is 20.4. The van der Waals surface area contributed by atoms with Crippen LogP contribution in [0, 0.1) is 5.41 Å².